The molecule has 7 atom stereocenters. The van der Waals surface area contributed by atoms with Crippen molar-refractivity contribution >= 4 is 23.4 Å². The molecule has 358 valence electrons. The molecule has 5 aliphatic rings. The highest BCUT2D eigenvalue weighted by atomic mass is 19.1. The van der Waals surface area contributed by atoms with Crippen molar-refractivity contribution < 1.29 is 48.1 Å². The predicted molar refractivity (Wildman–Crippen MR) is 251 cm³/mol. The average molecular weight is 923 g/mol. The maximum absolute atomic E-state index is 15.1. The second kappa shape index (κ2) is 22.6. The molecule has 2 saturated heterocycles. The van der Waals surface area contributed by atoms with Crippen LogP contribution in [0.15, 0.2) is 102 Å². The number of aliphatic hydroxyl groups is 2. The number of ether oxygens (including phenoxy) is 4. The monoisotopic (exact) mass is 922 g/mol. The van der Waals surface area contributed by atoms with Crippen molar-refractivity contribution in [3.8, 4) is 11.5 Å². The minimum Gasteiger partial charge on any atom is -0.492 e. The first-order valence-electron chi connectivity index (χ1n) is 23.9. The molecule has 7 unspecified atom stereocenters. The number of unbranched alkanes of at least 4 members (excludes halogenated alkanes) is 2. The number of hydrogen-bond donors (Lipinski definition) is 2. The van der Waals surface area contributed by atoms with Crippen LogP contribution in [-0.2, 0) is 25.7 Å². The van der Waals surface area contributed by atoms with Gasteiger partial charge in [0.2, 0.25) is 18.0 Å². The number of non-ortho nitro benzene ring substituents is 1. The number of rotatable bonds is 23. The molecule has 3 heterocycles. The second-order valence-electron chi connectivity index (χ2n) is 18.1. The van der Waals surface area contributed by atoms with E-state index in [1.165, 1.54) is 30.3 Å². The summed E-state index contributed by atoms with van der Waals surface area (Å²) in [7, 11) is 0. The summed E-state index contributed by atoms with van der Waals surface area (Å²) in [5, 5.41) is 36.4. The summed E-state index contributed by atoms with van der Waals surface area (Å²) in [5.74, 6) is -1.83. The van der Waals surface area contributed by atoms with E-state index < -0.39 is 40.7 Å². The zero-order chi connectivity index (χ0) is 46.8. The summed E-state index contributed by atoms with van der Waals surface area (Å²) in [5.41, 5.74) is 3.64. The first kappa shape index (κ1) is 48.0. The summed E-state index contributed by atoms with van der Waals surface area (Å²) >= 11 is 0. The molecule has 1 amide bonds. The SMILES string of the molecule is C=CCOC12Oc3ccc(OCCN4CC4)cc3C3C(CCCCO)C(CCCCO)C=C(C(=NOC4CCCCO4)CC1N(Cc1ccc(F)cc1)C(=O)C=Cc1ccc([N+](=O)[O-])cc1)C32. The second-order valence-corrected chi connectivity index (χ2v) is 18.1. The molecular formula is C52H63FN4O10. The van der Waals surface area contributed by atoms with Crippen LogP contribution in [0.1, 0.15) is 86.8 Å². The molecule has 0 spiro atoms. The van der Waals surface area contributed by atoms with Crippen molar-refractivity contribution in [2.45, 2.75) is 94.8 Å². The standard InChI is InChI=1S/C52H63FN4O10/c1-2-29-65-52-47(56(35-37-12-17-39(53)18-13-37)48(60)23-16-36-14-19-40(20-15-36)57(61)62)34-45(54-67-49-11-5-8-30-64-49)43-32-38(9-3-6-27-58)42(10-4-7-28-59)50(51(43)52)44-33-41(21-22-46(44)66-52)63-31-26-55-24-25-55/h2,12-23,32-33,38,42,47,49-51,58-59H,1,3-11,24-31,34-35H2. The Balaban J connectivity index is 1.31. The van der Waals surface area contributed by atoms with Gasteiger partial charge in [-0.3, -0.25) is 19.8 Å². The van der Waals surface area contributed by atoms with E-state index in [1.807, 2.05) is 12.1 Å². The number of amides is 1. The lowest BCUT2D eigenvalue weighted by Crippen LogP contribution is -2.70. The fraction of sp³-hybridized carbons (Fsp3) is 0.500. The van der Waals surface area contributed by atoms with Crippen LogP contribution >= 0.6 is 0 Å². The average Bonchev–Trinajstić information content (AvgIpc) is 4.18. The Kier molecular flexibility index (Phi) is 16.2. The van der Waals surface area contributed by atoms with Gasteiger partial charge in [-0.15, -0.1) is 6.58 Å². The van der Waals surface area contributed by atoms with E-state index in [0.717, 1.165) is 69.3 Å². The number of carbonyl (C=O) groups is 1. The number of carbonyl (C=O) groups excluding carboxylic acids is 1. The van der Waals surface area contributed by atoms with E-state index in [4.69, 9.17) is 28.9 Å². The lowest BCUT2D eigenvalue weighted by Gasteiger charge is -2.60. The fourth-order valence-corrected chi connectivity index (χ4v) is 10.3. The minimum atomic E-state index is -1.54. The van der Waals surface area contributed by atoms with Crippen molar-refractivity contribution in [2.75, 3.05) is 52.7 Å². The van der Waals surface area contributed by atoms with E-state index in [-0.39, 0.29) is 56.2 Å². The number of nitro benzene ring substituents is 1. The molecule has 0 bridgehead atoms. The molecule has 2 aliphatic carbocycles. The Labute approximate surface area is 391 Å². The third-order valence-corrected chi connectivity index (χ3v) is 13.7. The quantitative estimate of drug-likeness (QED) is 0.0235. The fourth-order valence-electron chi connectivity index (χ4n) is 10.3. The number of nitro groups is 1. The van der Waals surface area contributed by atoms with E-state index in [9.17, 15) is 24.7 Å². The van der Waals surface area contributed by atoms with Crippen molar-refractivity contribution in [1.29, 1.82) is 0 Å². The number of hydrogen-bond acceptors (Lipinski definition) is 12. The molecule has 3 aromatic rings. The Bertz CT molecular complexity index is 2260. The number of fused-ring (bicyclic) bond motifs is 2. The van der Waals surface area contributed by atoms with Crippen LogP contribution in [0, 0.1) is 33.7 Å². The highest BCUT2D eigenvalue weighted by molar-refractivity contribution is 6.03. The molecule has 8 rings (SSSR count). The summed E-state index contributed by atoms with van der Waals surface area (Å²) in [6.45, 7) is 8.33. The number of halogens is 1. The third-order valence-electron chi connectivity index (χ3n) is 13.7. The Morgan fingerprint density at radius 2 is 1.81 bits per heavy atom. The molecule has 0 aromatic heterocycles. The smallest absolute Gasteiger partial charge is 0.269 e. The van der Waals surface area contributed by atoms with Crippen molar-refractivity contribution in [1.82, 2.24) is 9.80 Å². The van der Waals surface area contributed by atoms with E-state index in [0.29, 0.717) is 60.8 Å². The predicted octanol–water partition coefficient (Wildman–Crippen LogP) is 8.33. The first-order chi connectivity index (χ1) is 32.7. The van der Waals surface area contributed by atoms with Gasteiger partial charge in [0.25, 0.3) is 5.69 Å². The lowest BCUT2D eigenvalue weighted by atomic mass is 9.55. The van der Waals surface area contributed by atoms with Gasteiger partial charge in [-0.05, 0) is 116 Å². The van der Waals surface area contributed by atoms with Gasteiger partial charge in [-0.2, -0.15) is 0 Å². The molecule has 15 heteroatoms. The van der Waals surface area contributed by atoms with E-state index in [2.05, 4.69) is 23.6 Å². The number of allylic oxidation sites excluding steroid dienone is 1. The molecular weight excluding hydrogens is 860 g/mol. The van der Waals surface area contributed by atoms with Gasteiger partial charge in [-0.1, -0.05) is 42.3 Å². The summed E-state index contributed by atoms with van der Waals surface area (Å²) in [4.78, 5) is 36.4. The van der Waals surface area contributed by atoms with Gasteiger partial charge in [-0.25, -0.2) is 4.39 Å². The van der Waals surface area contributed by atoms with Crippen LogP contribution in [0.2, 0.25) is 0 Å². The lowest BCUT2D eigenvalue weighted by molar-refractivity contribution is -0.384. The summed E-state index contributed by atoms with van der Waals surface area (Å²) in [6, 6.07) is 17.0. The van der Waals surface area contributed by atoms with Gasteiger partial charge < -0.3 is 38.9 Å². The summed E-state index contributed by atoms with van der Waals surface area (Å²) < 4.78 is 41.4. The van der Waals surface area contributed by atoms with Gasteiger partial charge in [0.05, 0.1) is 29.8 Å². The van der Waals surface area contributed by atoms with Crippen LogP contribution in [0.5, 0.6) is 11.5 Å². The Hall–Kier alpha value is -5.45. The molecule has 14 nitrogen and oxygen atoms in total. The molecule has 1 saturated carbocycles. The van der Waals surface area contributed by atoms with E-state index >= 15 is 4.79 Å². The zero-order valence-corrected chi connectivity index (χ0v) is 38.1. The van der Waals surface area contributed by atoms with Crippen LogP contribution in [-0.4, -0.2) is 107 Å². The van der Waals surface area contributed by atoms with Crippen LogP contribution in [0.3, 0.4) is 0 Å². The maximum atomic E-state index is 15.1. The molecule has 3 aromatic carbocycles. The number of oxime groups is 1. The van der Waals surface area contributed by atoms with E-state index in [1.54, 1.807) is 41.3 Å². The first-order valence-corrected chi connectivity index (χ1v) is 23.9. The van der Waals surface area contributed by atoms with Gasteiger partial charge >= 0.3 is 0 Å². The van der Waals surface area contributed by atoms with Crippen molar-refractivity contribution in [3.63, 3.8) is 0 Å². The molecule has 3 aliphatic heterocycles. The highest BCUT2D eigenvalue weighted by Crippen LogP contribution is 2.62. The van der Waals surface area contributed by atoms with Gasteiger partial charge in [0.1, 0.15) is 30.0 Å². The normalized spacial score (nSPS) is 26.0. The van der Waals surface area contributed by atoms with Crippen LogP contribution in [0.4, 0.5) is 10.1 Å². The summed E-state index contributed by atoms with van der Waals surface area (Å²) in [6.07, 6.45) is 13.6. The Morgan fingerprint density at radius 3 is 2.51 bits per heavy atom. The van der Waals surface area contributed by atoms with Gasteiger partial charge in [0.15, 0.2) is 0 Å². The number of benzene rings is 3. The van der Waals surface area contributed by atoms with Crippen molar-refractivity contribution in [2.24, 2.45) is 22.9 Å². The number of nitrogens with zero attached hydrogens (tertiary/aromatic N) is 4. The topological polar surface area (TPSA) is 165 Å². The van der Waals surface area contributed by atoms with Crippen molar-refractivity contribution in [3.05, 3.63) is 130 Å². The molecule has 3 fully saturated rings. The zero-order valence-electron chi connectivity index (χ0n) is 38.1. The van der Waals surface area contributed by atoms with Crippen LogP contribution in [0.25, 0.3) is 6.08 Å². The molecule has 67 heavy (non-hydrogen) atoms. The number of aliphatic hydroxyl groups excluding tert-OH is 2. The van der Waals surface area contributed by atoms with Gasteiger partial charge in [0, 0.05) is 81.9 Å². The molecule has 2 N–H and O–H groups in total. The Morgan fingerprint density at radius 1 is 1.03 bits per heavy atom. The highest BCUT2D eigenvalue weighted by Gasteiger charge is 2.65. The molecule has 0 radical (unpaired) electrons. The third kappa shape index (κ3) is 11.5. The largest absolute Gasteiger partial charge is 0.492 e. The van der Waals surface area contributed by atoms with Crippen LogP contribution < -0.4 is 9.47 Å². The minimum absolute atomic E-state index is 0.00653. The maximum Gasteiger partial charge on any atom is 0.269 e.